The lowest BCUT2D eigenvalue weighted by atomic mass is 10.0. The Kier molecular flexibility index (Phi) is 4.75. The Labute approximate surface area is 69.8 Å². The van der Waals surface area contributed by atoms with E-state index < -0.39 is 24.2 Å². The molecule has 12 heavy (non-hydrogen) atoms. The van der Waals surface area contributed by atoms with Gasteiger partial charge in [-0.15, -0.1) is 0 Å². The summed E-state index contributed by atoms with van der Waals surface area (Å²) in [5, 5.41) is 26.5. The monoisotopic (exact) mass is 178 g/mol. The molecule has 0 saturated heterocycles. The second-order valence-electron chi connectivity index (χ2n) is 2.50. The highest BCUT2D eigenvalue weighted by Crippen LogP contribution is 2.01. The van der Waals surface area contributed by atoms with Crippen LogP contribution in [0.15, 0.2) is 0 Å². The number of aliphatic hydroxyl groups is 2. The van der Waals surface area contributed by atoms with E-state index in [9.17, 15) is 4.79 Å². The standard InChI is InChI=1S/C6H14N2O4/c7-2-1-3(9)5(10)4(8)6(11)12/h3-5,9-10H,1-2,7-8H2,(H,11,12). The van der Waals surface area contributed by atoms with Crippen molar-refractivity contribution in [3.63, 3.8) is 0 Å². The minimum atomic E-state index is -1.47. The molecule has 0 aromatic heterocycles. The van der Waals surface area contributed by atoms with Crippen LogP contribution in [0.1, 0.15) is 6.42 Å². The van der Waals surface area contributed by atoms with Crippen molar-refractivity contribution in [2.45, 2.75) is 24.7 Å². The van der Waals surface area contributed by atoms with Crippen LogP contribution in [0, 0.1) is 0 Å². The second kappa shape index (κ2) is 5.04. The molecule has 6 heteroatoms. The average molecular weight is 178 g/mol. The summed E-state index contributed by atoms with van der Waals surface area (Å²) in [6, 6.07) is -1.47. The van der Waals surface area contributed by atoms with Gasteiger partial charge in [0, 0.05) is 0 Å². The van der Waals surface area contributed by atoms with Crippen LogP contribution in [0.25, 0.3) is 0 Å². The van der Waals surface area contributed by atoms with Gasteiger partial charge in [0.05, 0.1) is 6.10 Å². The maximum absolute atomic E-state index is 10.2. The lowest BCUT2D eigenvalue weighted by molar-refractivity contribution is -0.143. The molecule has 0 aliphatic rings. The Morgan fingerprint density at radius 1 is 1.42 bits per heavy atom. The number of hydrogen-bond donors (Lipinski definition) is 5. The molecule has 6 nitrogen and oxygen atoms in total. The summed E-state index contributed by atoms with van der Waals surface area (Å²) in [6.07, 6.45) is -2.52. The summed E-state index contributed by atoms with van der Waals surface area (Å²) in [6.45, 7) is 0.171. The van der Waals surface area contributed by atoms with Gasteiger partial charge in [0.25, 0.3) is 0 Å². The quantitative estimate of drug-likeness (QED) is 0.315. The van der Waals surface area contributed by atoms with E-state index in [1.54, 1.807) is 0 Å². The fourth-order valence-corrected chi connectivity index (χ4v) is 0.727. The van der Waals surface area contributed by atoms with Crippen LogP contribution in [0.4, 0.5) is 0 Å². The lowest BCUT2D eigenvalue weighted by Gasteiger charge is -2.19. The zero-order chi connectivity index (χ0) is 9.72. The normalized spacial score (nSPS) is 18.3. The molecule has 0 aliphatic heterocycles. The Hall–Kier alpha value is -0.690. The molecule has 0 bridgehead atoms. The van der Waals surface area contributed by atoms with Crippen molar-refractivity contribution in [2.24, 2.45) is 11.5 Å². The van der Waals surface area contributed by atoms with E-state index in [4.69, 9.17) is 26.8 Å². The summed E-state index contributed by atoms with van der Waals surface area (Å²) < 4.78 is 0. The summed E-state index contributed by atoms with van der Waals surface area (Å²) in [5.41, 5.74) is 10.1. The molecule has 3 atom stereocenters. The molecule has 72 valence electrons. The minimum absolute atomic E-state index is 0.127. The summed E-state index contributed by atoms with van der Waals surface area (Å²) >= 11 is 0. The molecule has 0 aromatic rings. The van der Waals surface area contributed by atoms with Crippen molar-refractivity contribution in [3.05, 3.63) is 0 Å². The fraction of sp³-hybridized carbons (Fsp3) is 0.833. The molecule has 0 heterocycles. The molecule has 0 amide bonds. The molecule has 0 spiro atoms. The number of carboxylic acid groups (broad SMARTS) is 1. The SMILES string of the molecule is NCCC(O)C(O)C(N)C(=O)O. The van der Waals surface area contributed by atoms with Gasteiger partial charge in [-0.2, -0.15) is 0 Å². The summed E-state index contributed by atoms with van der Waals surface area (Å²) in [7, 11) is 0. The minimum Gasteiger partial charge on any atom is -0.480 e. The van der Waals surface area contributed by atoms with Gasteiger partial charge in [-0.05, 0) is 13.0 Å². The predicted molar refractivity (Wildman–Crippen MR) is 41.3 cm³/mol. The molecule has 0 saturated carbocycles. The first-order valence-corrected chi connectivity index (χ1v) is 3.55. The fourth-order valence-electron chi connectivity index (χ4n) is 0.727. The number of carboxylic acids is 1. The third-order valence-corrected chi connectivity index (χ3v) is 1.51. The van der Waals surface area contributed by atoms with Crippen molar-refractivity contribution in [2.75, 3.05) is 6.54 Å². The zero-order valence-electron chi connectivity index (χ0n) is 6.55. The summed E-state index contributed by atoms with van der Waals surface area (Å²) in [4.78, 5) is 10.2. The van der Waals surface area contributed by atoms with Crippen LogP contribution in [0.2, 0.25) is 0 Å². The molecular formula is C6H14N2O4. The van der Waals surface area contributed by atoms with Crippen molar-refractivity contribution in [3.8, 4) is 0 Å². The van der Waals surface area contributed by atoms with E-state index in [1.807, 2.05) is 0 Å². The number of hydrogen-bond acceptors (Lipinski definition) is 5. The highest BCUT2D eigenvalue weighted by Gasteiger charge is 2.27. The van der Waals surface area contributed by atoms with Crippen LogP contribution in [-0.2, 0) is 4.79 Å². The third kappa shape index (κ3) is 3.14. The van der Waals surface area contributed by atoms with Gasteiger partial charge in [-0.1, -0.05) is 0 Å². The Balaban J connectivity index is 3.99. The first-order chi connectivity index (χ1) is 5.50. The Morgan fingerprint density at radius 3 is 2.25 bits per heavy atom. The smallest absolute Gasteiger partial charge is 0.323 e. The zero-order valence-corrected chi connectivity index (χ0v) is 6.55. The van der Waals surface area contributed by atoms with Gasteiger partial charge in [-0.25, -0.2) is 0 Å². The number of aliphatic carboxylic acids is 1. The van der Waals surface area contributed by atoms with Gasteiger partial charge in [-0.3, -0.25) is 4.79 Å². The molecule has 0 rings (SSSR count). The first kappa shape index (κ1) is 11.3. The van der Waals surface area contributed by atoms with E-state index in [0.717, 1.165) is 0 Å². The van der Waals surface area contributed by atoms with Crippen LogP contribution in [0.3, 0.4) is 0 Å². The molecular weight excluding hydrogens is 164 g/mol. The molecule has 0 aliphatic carbocycles. The van der Waals surface area contributed by atoms with Crippen molar-refractivity contribution in [1.29, 1.82) is 0 Å². The topological polar surface area (TPSA) is 130 Å². The van der Waals surface area contributed by atoms with E-state index in [2.05, 4.69) is 0 Å². The number of aliphatic hydroxyl groups excluding tert-OH is 2. The Bertz CT molecular complexity index is 152. The van der Waals surface area contributed by atoms with Gasteiger partial charge < -0.3 is 26.8 Å². The maximum Gasteiger partial charge on any atom is 0.323 e. The number of carbonyl (C=O) groups is 1. The molecule has 0 aromatic carbocycles. The van der Waals surface area contributed by atoms with Gasteiger partial charge >= 0.3 is 5.97 Å². The van der Waals surface area contributed by atoms with Gasteiger partial charge in [0.15, 0.2) is 0 Å². The highest BCUT2D eigenvalue weighted by atomic mass is 16.4. The van der Waals surface area contributed by atoms with Gasteiger partial charge in [0.1, 0.15) is 12.1 Å². The van der Waals surface area contributed by atoms with Crippen molar-refractivity contribution < 1.29 is 20.1 Å². The largest absolute Gasteiger partial charge is 0.480 e. The molecule has 0 radical (unpaired) electrons. The maximum atomic E-state index is 10.2. The van der Waals surface area contributed by atoms with Crippen LogP contribution >= 0.6 is 0 Å². The van der Waals surface area contributed by atoms with E-state index in [-0.39, 0.29) is 13.0 Å². The van der Waals surface area contributed by atoms with Crippen molar-refractivity contribution >= 4 is 5.97 Å². The first-order valence-electron chi connectivity index (χ1n) is 3.55. The van der Waals surface area contributed by atoms with E-state index in [1.165, 1.54) is 0 Å². The third-order valence-electron chi connectivity index (χ3n) is 1.51. The second-order valence-corrected chi connectivity index (χ2v) is 2.50. The van der Waals surface area contributed by atoms with Crippen molar-refractivity contribution in [1.82, 2.24) is 0 Å². The number of rotatable bonds is 5. The molecule has 0 fully saturated rings. The van der Waals surface area contributed by atoms with Crippen LogP contribution in [0.5, 0.6) is 0 Å². The van der Waals surface area contributed by atoms with Crippen LogP contribution in [-0.4, -0.2) is 46.1 Å². The van der Waals surface area contributed by atoms with Gasteiger partial charge in [0.2, 0.25) is 0 Å². The predicted octanol–water partition coefficient (Wildman–Crippen LogP) is -2.53. The molecule has 3 unspecified atom stereocenters. The summed E-state index contributed by atoms with van der Waals surface area (Å²) in [5.74, 6) is -1.35. The highest BCUT2D eigenvalue weighted by molar-refractivity contribution is 5.73. The Morgan fingerprint density at radius 2 is 1.92 bits per heavy atom. The van der Waals surface area contributed by atoms with Crippen LogP contribution < -0.4 is 11.5 Å². The number of nitrogens with two attached hydrogens (primary N) is 2. The molecule has 7 N–H and O–H groups in total. The lowest BCUT2D eigenvalue weighted by Crippen LogP contribution is -2.48. The van der Waals surface area contributed by atoms with E-state index >= 15 is 0 Å². The average Bonchev–Trinajstić information content (AvgIpc) is 2.02. The van der Waals surface area contributed by atoms with E-state index in [0.29, 0.717) is 0 Å².